The molecule has 0 bridgehead atoms. The summed E-state index contributed by atoms with van der Waals surface area (Å²) in [7, 11) is 0. The van der Waals surface area contributed by atoms with E-state index in [4.69, 9.17) is 0 Å². The van der Waals surface area contributed by atoms with E-state index in [2.05, 4.69) is 4.90 Å². The van der Waals surface area contributed by atoms with Gasteiger partial charge in [0.2, 0.25) is 0 Å². The first-order valence-corrected chi connectivity index (χ1v) is 5.60. The van der Waals surface area contributed by atoms with Gasteiger partial charge in [-0.1, -0.05) is 0 Å². The molecule has 5 heteroatoms. The lowest BCUT2D eigenvalue weighted by Crippen LogP contribution is -2.41. The van der Waals surface area contributed by atoms with E-state index in [1.165, 1.54) is 12.8 Å². The second-order valence-corrected chi connectivity index (χ2v) is 4.59. The summed E-state index contributed by atoms with van der Waals surface area (Å²) in [4.78, 5) is 2.42. The molecule has 1 N–H and O–H groups in total. The summed E-state index contributed by atoms with van der Waals surface area (Å²) in [5.41, 5.74) is 0. The quantitative estimate of drug-likeness (QED) is 0.734. The third-order valence-corrected chi connectivity index (χ3v) is 3.30. The molecule has 1 aliphatic carbocycles. The van der Waals surface area contributed by atoms with Crippen molar-refractivity contribution in [3.05, 3.63) is 0 Å². The molecule has 2 fully saturated rings. The summed E-state index contributed by atoms with van der Waals surface area (Å²) in [6.45, 7) is 2.05. The number of halogens is 3. The Kier molecular flexibility index (Phi) is 3.21. The van der Waals surface area contributed by atoms with E-state index in [9.17, 15) is 13.2 Å². The van der Waals surface area contributed by atoms with Gasteiger partial charge in [-0.25, -0.2) is 5.32 Å². The molecule has 1 saturated carbocycles. The molecular formula is C10H17F3N2. The van der Waals surface area contributed by atoms with Crippen LogP contribution in [-0.2, 0) is 0 Å². The van der Waals surface area contributed by atoms with E-state index < -0.39 is 6.30 Å². The number of likely N-dealkylation sites (tertiary alicyclic amines) is 1. The molecular weight excluding hydrogens is 205 g/mol. The van der Waals surface area contributed by atoms with Crippen LogP contribution in [0.15, 0.2) is 0 Å². The second kappa shape index (κ2) is 4.29. The maximum atomic E-state index is 11.9. The summed E-state index contributed by atoms with van der Waals surface area (Å²) in [6, 6.07) is 0.751. The van der Waals surface area contributed by atoms with Crippen LogP contribution in [0.3, 0.4) is 0 Å². The van der Waals surface area contributed by atoms with Gasteiger partial charge in [0.05, 0.1) is 0 Å². The number of nitrogens with one attached hydrogen (secondary N) is 1. The minimum absolute atomic E-state index is 0.0853. The Morgan fingerprint density at radius 1 is 1.07 bits per heavy atom. The standard InChI is InChI=1S/C10H17F3N2/c11-10(12,13)14-7-8-3-5-15(6-4-8)9-1-2-9/h8-9,14H,1-7H2. The SMILES string of the molecule is FC(F)(F)NCC1CCN(C2CC2)CC1. The fourth-order valence-electron chi connectivity index (χ4n) is 2.22. The molecule has 0 aromatic carbocycles. The first kappa shape index (κ1) is 11.2. The molecule has 1 aliphatic heterocycles. The first-order chi connectivity index (χ1) is 7.04. The average Bonchev–Trinajstić information content (AvgIpc) is 2.98. The van der Waals surface area contributed by atoms with Crippen LogP contribution in [0.4, 0.5) is 13.2 Å². The fourth-order valence-corrected chi connectivity index (χ4v) is 2.22. The molecule has 0 atom stereocenters. The predicted octanol–water partition coefficient (Wildman–Crippen LogP) is 1.97. The Balaban J connectivity index is 1.64. The zero-order chi connectivity index (χ0) is 10.9. The number of rotatable bonds is 3. The third kappa shape index (κ3) is 3.65. The summed E-state index contributed by atoms with van der Waals surface area (Å²) in [5.74, 6) is 0.196. The van der Waals surface area contributed by atoms with Crippen LogP contribution in [0.1, 0.15) is 25.7 Å². The highest BCUT2D eigenvalue weighted by Gasteiger charge is 2.33. The number of alkyl halides is 3. The van der Waals surface area contributed by atoms with Crippen LogP contribution < -0.4 is 5.32 Å². The monoisotopic (exact) mass is 222 g/mol. The molecule has 0 aromatic heterocycles. The van der Waals surface area contributed by atoms with Crippen LogP contribution in [0.25, 0.3) is 0 Å². The molecule has 0 amide bonds. The Labute approximate surface area is 87.8 Å². The molecule has 2 rings (SSSR count). The minimum atomic E-state index is -4.21. The summed E-state index contributed by atoms with van der Waals surface area (Å²) in [6.07, 6.45) is 0.156. The van der Waals surface area contributed by atoms with Gasteiger partial charge in [0, 0.05) is 12.6 Å². The zero-order valence-corrected chi connectivity index (χ0v) is 8.69. The van der Waals surface area contributed by atoms with Crippen LogP contribution in [-0.4, -0.2) is 36.9 Å². The van der Waals surface area contributed by atoms with E-state index in [0.717, 1.165) is 32.0 Å². The third-order valence-electron chi connectivity index (χ3n) is 3.30. The minimum Gasteiger partial charge on any atom is -0.300 e. The van der Waals surface area contributed by atoms with Gasteiger partial charge in [-0.15, -0.1) is 0 Å². The van der Waals surface area contributed by atoms with Gasteiger partial charge in [0.25, 0.3) is 0 Å². The first-order valence-electron chi connectivity index (χ1n) is 5.60. The Morgan fingerprint density at radius 3 is 2.13 bits per heavy atom. The average molecular weight is 222 g/mol. The molecule has 0 spiro atoms. The van der Waals surface area contributed by atoms with Crippen molar-refractivity contribution in [1.82, 2.24) is 10.2 Å². The van der Waals surface area contributed by atoms with Crippen molar-refractivity contribution in [3.63, 3.8) is 0 Å². The predicted molar refractivity (Wildman–Crippen MR) is 51.4 cm³/mol. The van der Waals surface area contributed by atoms with E-state index in [0.29, 0.717) is 0 Å². The van der Waals surface area contributed by atoms with Crippen LogP contribution in [0.2, 0.25) is 0 Å². The maximum absolute atomic E-state index is 11.9. The van der Waals surface area contributed by atoms with Crippen molar-refractivity contribution in [1.29, 1.82) is 0 Å². The molecule has 0 unspecified atom stereocenters. The number of piperidine rings is 1. The highest BCUT2D eigenvalue weighted by atomic mass is 19.4. The van der Waals surface area contributed by atoms with Gasteiger partial charge in [0.15, 0.2) is 0 Å². The lowest BCUT2D eigenvalue weighted by molar-refractivity contribution is -0.159. The van der Waals surface area contributed by atoms with Crippen molar-refractivity contribution < 1.29 is 13.2 Å². The van der Waals surface area contributed by atoms with Crippen LogP contribution >= 0.6 is 0 Å². The molecule has 1 heterocycles. The molecule has 15 heavy (non-hydrogen) atoms. The lowest BCUT2D eigenvalue weighted by atomic mass is 9.97. The Hall–Kier alpha value is -0.290. The highest BCUT2D eigenvalue weighted by Crippen LogP contribution is 2.30. The van der Waals surface area contributed by atoms with Gasteiger partial charge in [-0.3, -0.25) is 0 Å². The molecule has 88 valence electrons. The second-order valence-electron chi connectivity index (χ2n) is 4.59. The number of hydrogen-bond acceptors (Lipinski definition) is 2. The van der Waals surface area contributed by atoms with Crippen molar-refractivity contribution in [2.45, 2.75) is 38.0 Å². The van der Waals surface area contributed by atoms with E-state index >= 15 is 0 Å². The zero-order valence-electron chi connectivity index (χ0n) is 8.69. The van der Waals surface area contributed by atoms with Gasteiger partial charge < -0.3 is 4.90 Å². The smallest absolute Gasteiger partial charge is 0.300 e. The Bertz CT molecular complexity index is 205. The molecule has 2 aliphatic rings. The van der Waals surface area contributed by atoms with Crippen molar-refractivity contribution in [2.24, 2.45) is 5.92 Å². The maximum Gasteiger partial charge on any atom is 0.457 e. The summed E-state index contributed by atoms with van der Waals surface area (Å²) < 4.78 is 35.7. The van der Waals surface area contributed by atoms with Crippen molar-refractivity contribution >= 4 is 0 Å². The largest absolute Gasteiger partial charge is 0.457 e. The molecule has 0 aromatic rings. The number of nitrogens with zero attached hydrogens (tertiary/aromatic N) is 1. The fraction of sp³-hybridized carbons (Fsp3) is 1.00. The highest BCUT2D eigenvalue weighted by molar-refractivity contribution is 4.87. The van der Waals surface area contributed by atoms with Crippen LogP contribution in [0.5, 0.6) is 0 Å². The summed E-state index contributed by atoms with van der Waals surface area (Å²) in [5, 5.41) is 1.63. The van der Waals surface area contributed by atoms with E-state index in [-0.39, 0.29) is 12.5 Å². The topological polar surface area (TPSA) is 15.3 Å². The van der Waals surface area contributed by atoms with Crippen molar-refractivity contribution in [3.8, 4) is 0 Å². The summed E-state index contributed by atoms with van der Waals surface area (Å²) >= 11 is 0. The lowest BCUT2D eigenvalue weighted by Gasteiger charge is -2.32. The Morgan fingerprint density at radius 2 is 1.67 bits per heavy atom. The van der Waals surface area contributed by atoms with Gasteiger partial charge >= 0.3 is 6.30 Å². The van der Waals surface area contributed by atoms with Gasteiger partial charge in [0.1, 0.15) is 0 Å². The van der Waals surface area contributed by atoms with Crippen LogP contribution in [0, 0.1) is 5.92 Å². The van der Waals surface area contributed by atoms with Crippen molar-refractivity contribution in [2.75, 3.05) is 19.6 Å². The molecule has 0 radical (unpaired) electrons. The number of hydrogen-bond donors (Lipinski definition) is 1. The van der Waals surface area contributed by atoms with Gasteiger partial charge in [-0.05, 0) is 44.7 Å². The van der Waals surface area contributed by atoms with Gasteiger partial charge in [-0.2, -0.15) is 13.2 Å². The van der Waals surface area contributed by atoms with E-state index in [1.807, 2.05) is 0 Å². The van der Waals surface area contributed by atoms with E-state index in [1.54, 1.807) is 5.32 Å². The molecule has 1 saturated heterocycles. The normalized spacial score (nSPS) is 25.8. The molecule has 2 nitrogen and oxygen atoms in total.